The molecule has 5 heteroatoms. The Bertz CT molecular complexity index is 411. The van der Waals surface area contributed by atoms with Crippen molar-refractivity contribution < 1.29 is 4.39 Å². The number of nitrogens with one attached hydrogen (secondary N) is 1. The quantitative estimate of drug-likeness (QED) is 0.602. The van der Waals surface area contributed by atoms with Crippen molar-refractivity contribution in [3.05, 3.63) is 33.6 Å². The lowest BCUT2D eigenvalue weighted by Crippen LogP contribution is -2.21. The maximum Gasteiger partial charge on any atom is 0.142 e. The van der Waals surface area contributed by atoms with E-state index in [0.717, 1.165) is 31.5 Å². The SMILES string of the molecule is CC(NCCCCN(C)C)c1cc(F)c(Cl)cc1Cl. The number of rotatable bonds is 7. The van der Waals surface area contributed by atoms with Gasteiger partial charge in [-0.25, -0.2) is 4.39 Å². The molecular formula is C14H21Cl2FN2. The molecule has 0 aliphatic heterocycles. The molecule has 1 unspecified atom stereocenters. The fourth-order valence-electron chi connectivity index (χ4n) is 1.85. The van der Waals surface area contributed by atoms with Gasteiger partial charge in [0.1, 0.15) is 5.82 Å². The Balaban J connectivity index is 2.45. The van der Waals surface area contributed by atoms with Crippen molar-refractivity contribution in [3.8, 4) is 0 Å². The van der Waals surface area contributed by atoms with Crippen LogP contribution in [0.5, 0.6) is 0 Å². The summed E-state index contributed by atoms with van der Waals surface area (Å²) in [4.78, 5) is 2.16. The standard InChI is InChI=1S/C14H21Cl2FN2/c1-10(18-6-4-5-7-19(2)3)11-8-14(17)13(16)9-12(11)15/h8-10,18H,4-7H2,1-3H3. The van der Waals surface area contributed by atoms with Crippen LogP contribution in [0.4, 0.5) is 4.39 Å². The molecule has 1 atom stereocenters. The van der Waals surface area contributed by atoms with Crippen LogP contribution >= 0.6 is 23.2 Å². The average Bonchev–Trinajstić information content (AvgIpc) is 2.32. The molecule has 0 saturated heterocycles. The smallest absolute Gasteiger partial charge is 0.142 e. The van der Waals surface area contributed by atoms with E-state index >= 15 is 0 Å². The van der Waals surface area contributed by atoms with Gasteiger partial charge in [-0.1, -0.05) is 23.2 Å². The number of hydrogen-bond donors (Lipinski definition) is 1. The molecule has 0 heterocycles. The Hall–Kier alpha value is -0.350. The van der Waals surface area contributed by atoms with Gasteiger partial charge >= 0.3 is 0 Å². The van der Waals surface area contributed by atoms with Crippen LogP contribution in [0.1, 0.15) is 31.4 Å². The number of nitrogens with zero attached hydrogens (tertiary/aromatic N) is 1. The molecule has 1 rings (SSSR count). The molecule has 108 valence electrons. The average molecular weight is 307 g/mol. The molecular weight excluding hydrogens is 286 g/mol. The normalized spacial score (nSPS) is 13.0. The van der Waals surface area contributed by atoms with Crippen LogP contribution < -0.4 is 5.32 Å². The predicted octanol–water partition coefficient (Wildman–Crippen LogP) is 4.12. The molecule has 1 aromatic carbocycles. The Kier molecular flexibility index (Phi) is 7.08. The minimum absolute atomic E-state index is 0.0126. The number of hydrogen-bond acceptors (Lipinski definition) is 2. The number of unbranched alkanes of at least 4 members (excludes halogenated alkanes) is 1. The van der Waals surface area contributed by atoms with Crippen LogP contribution in [-0.2, 0) is 0 Å². The molecule has 0 fully saturated rings. The van der Waals surface area contributed by atoms with E-state index in [1.54, 1.807) is 0 Å². The summed E-state index contributed by atoms with van der Waals surface area (Å²) in [5, 5.41) is 3.91. The molecule has 0 aromatic heterocycles. The molecule has 1 N–H and O–H groups in total. The maximum atomic E-state index is 13.4. The highest BCUT2D eigenvalue weighted by atomic mass is 35.5. The summed E-state index contributed by atoms with van der Waals surface area (Å²) in [5.74, 6) is -0.428. The molecule has 1 aromatic rings. The minimum atomic E-state index is -0.428. The maximum absolute atomic E-state index is 13.4. The predicted molar refractivity (Wildman–Crippen MR) is 80.6 cm³/mol. The summed E-state index contributed by atoms with van der Waals surface area (Å²) in [6, 6.07) is 2.87. The third-order valence-corrected chi connectivity index (χ3v) is 3.61. The van der Waals surface area contributed by atoms with Crippen molar-refractivity contribution in [3.63, 3.8) is 0 Å². The molecule has 0 bridgehead atoms. The van der Waals surface area contributed by atoms with Crippen molar-refractivity contribution >= 4 is 23.2 Å². The lowest BCUT2D eigenvalue weighted by atomic mass is 10.1. The second-order valence-electron chi connectivity index (χ2n) is 4.97. The zero-order valence-corrected chi connectivity index (χ0v) is 13.2. The van der Waals surface area contributed by atoms with E-state index < -0.39 is 5.82 Å². The Labute approximate surface area is 124 Å². The first-order chi connectivity index (χ1) is 8.91. The van der Waals surface area contributed by atoms with E-state index in [4.69, 9.17) is 23.2 Å². The van der Waals surface area contributed by atoms with Crippen LogP contribution in [0.15, 0.2) is 12.1 Å². The highest BCUT2D eigenvalue weighted by Gasteiger charge is 2.12. The monoisotopic (exact) mass is 306 g/mol. The molecule has 0 amide bonds. The molecule has 19 heavy (non-hydrogen) atoms. The molecule has 0 spiro atoms. The van der Waals surface area contributed by atoms with Gasteiger partial charge in [-0.3, -0.25) is 0 Å². The number of benzene rings is 1. The van der Waals surface area contributed by atoms with E-state index in [9.17, 15) is 4.39 Å². The van der Waals surface area contributed by atoms with Crippen molar-refractivity contribution in [2.24, 2.45) is 0 Å². The van der Waals surface area contributed by atoms with Gasteiger partial charge < -0.3 is 10.2 Å². The van der Waals surface area contributed by atoms with Crippen molar-refractivity contribution in [1.29, 1.82) is 0 Å². The molecule has 0 radical (unpaired) electrons. The van der Waals surface area contributed by atoms with Gasteiger partial charge in [0, 0.05) is 11.1 Å². The molecule has 0 saturated carbocycles. The summed E-state index contributed by atoms with van der Waals surface area (Å²) in [7, 11) is 4.12. The lowest BCUT2D eigenvalue weighted by Gasteiger charge is -2.16. The summed E-state index contributed by atoms with van der Waals surface area (Å²) >= 11 is 11.8. The Morgan fingerprint density at radius 2 is 1.89 bits per heavy atom. The van der Waals surface area contributed by atoms with E-state index in [-0.39, 0.29) is 11.1 Å². The van der Waals surface area contributed by atoms with Crippen LogP contribution in [0.2, 0.25) is 10.0 Å². The van der Waals surface area contributed by atoms with Crippen molar-refractivity contribution in [2.45, 2.75) is 25.8 Å². The van der Waals surface area contributed by atoms with Gasteiger partial charge in [-0.05, 0) is 64.6 Å². The first-order valence-corrected chi connectivity index (χ1v) is 7.20. The van der Waals surface area contributed by atoms with E-state index in [2.05, 4.69) is 24.3 Å². The van der Waals surface area contributed by atoms with Crippen LogP contribution in [0, 0.1) is 5.82 Å². The lowest BCUT2D eigenvalue weighted by molar-refractivity contribution is 0.389. The second kappa shape index (κ2) is 8.05. The van der Waals surface area contributed by atoms with E-state index in [0.29, 0.717) is 5.02 Å². The Morgan fingerprint density at radius 3 is 2.53 bits per heavy atom. The summed E-state index contributed by atoms with van der Waals surface area (Å²) in [6.45, 7) is 3.93. The van der Waals surface area contributed by atoms with Gasteiger partial charge in [0.05, 0.1) is 5.02 Å². The van der Waals surface area contributed by atoms with Crippen LogP contribution in [-0.4, -0.2) is 32.1 Å². The van der Waals surface area contributed by atoms with E-state index in [1.807, 2.05) is 6.92 Å². The zero-order valence-electron chi connectivity index (χ0n) is 11.6. The third kappa shape index (κ3) is 5.65. The third-order valence-electron chi connectivity index (χ3n) is 2.99. The topological polar surface area (TPSA) is 15.3 Å². The van der Waals surface area contributed by atoms with Gasteiger partial charge in [0.2, 0.25) is 0 Å². The fourth-order valence-corrected chi connectivity index (χ4v) is 2.40. The molecule has 2 nitrogen and oxygen atoms in total. The Morgan fingerprint density at radius 1 is 1.21 bits per heavy atom. The van der Waals surface area contributed by atoms with Crippen LogP contribution in [0.25, 0.3) is 0 Å². The van der Waals surface area contributed by atoms with Gasteiger partial charge in [-0.15, -0.1) is 0 Å². The highest BCUT2D eigenvalue weighted by Crippen LogP contribution is 2.28. The number of halogens is 3. The second-order valence-corrected chi connectivity index (χ2v) is 5.79. The molecule has 0 aliphatic carbocycles. The van der Waals surface area contributed by atoms with Crippen molar-refractivity contribution in [1.82, 2.24) is 10.2 Å². The molecule has 0 aliphatic rings. The van der Waals surface area contributed by atoms with Gasteiger partial charge in [-0.2, -0.15) is 0 Å². The largest absolute Gasteiger partial charge is 0.310 e. The fraction of sp³-hybridized carbons (Fsp3) is 0.571. The van der Waals surface area contributed by atoms with Crippen molar-refractivity contribution in [2.75, 3.05) is 27.2 Å². The van der Waals surface area contributed by atoms with Gasteiger partial charge in [0.15, 0.2) is 0 Å². The summed E-state index contributed by atoms with van der Waals surface area (Å²) in [5.41, 5.74) is 0.746. The first kappa shape index (κ1) is 16.7. The van der Waals surface area contributed by atoms with Crippen LogP contribution in [0.3, 0.4) is 0 Å². The first-order valence-electron chi connectivity index (χ1n) is 6.44. The zero-order chi connectivity index (χ0) is 14.4. The minimum Gasteiger partial charge on any atom is -0.310 e. The summed E-state index contributed by atoms with van der Waals surface area (Å²) < 4.78 is 13.4. The summed E-state index contributed by atoms with van der Waals surface area (Å²) in [6.07, 6.45) is 2.21. The van der Waals surface area contributed by atoms with Gasteiger partial charge in [0.25, 0.3) is 0 Å². The highest BCUT2D eigenvalue weighted by molar-refractivity contribution is 6.35. The van der Waals surface area contributed by atoms with E-state index in [1.165, 1.54) is 12.1 Å².